The van der Waals surface area contributed by atoms with Crippen molar-refractivity contribution in [3.8, 4) is 0 Å². The Hall–Kier alpha value is -0.110. The fraction of sp³-hybridized carbons (Fsp3) is 0.444. The third-order valence-electron chi connectivity index (χ3n) is 2.60. The Labute approximate surface area is 143 Å². The standard InChI is InChI=1S/C9H13Cl2N5O3P2S/c10-21(11,22)19-2-6(1-17)18-5-16-4-14-7-8(15-20)12-3-13-9(7)16/h3-4,6,17H,1-2,5,20H2,(H,12,13,15). The Morgan fingerprint density at radius 3 is 2.86 bits per heavy atom. The molecule has 0 aromatic carbocycles. The summed E-state index contributed by atoms with van der Waals surface area (Å²) in [6, 6.07) is 0. The summed E-state index contributed by atoms with van der Waals surface area (Å²) < 4.78 is 12.3. The first kappa shape index (κ1) is 18.2. The zero-order valence-electron chi connectivity index (χ0n) is 11.1. The highest BCUT2D eigenvalue weighted by atomic mass is 35.9. The summed E-state index contributed by atoms with van der Waals surface area (Å²) >= 11 is 16.0. The average Bonchev–Trinajstić information content (AvgIpc) is 2.89. The second kappa shape index (κ2) is 8.13. The minimum Gasteiger partial charge on any atom is -0.394 e. The van der Waals surface area contributed by atoms with Crippen molar-refractivity contribution in [2.24, 2.45) is 0 Å². The molecule has 2 rings (SSSR count). The molecule has 0 amide bonds. The molecule has 0 aliphatic carbocycles. The lowest BCUT2D eigenvalue weighted by molar-refractivity contribution is -0.0415. The van der Waals surface area contributed by atoms with E-state index in [2.05, 4.69) is 29.4 Å². The van der Waals surface area contributed by atoms with Crippen molar-refractivity contribution in [3.05, 3.63) is 12.7 Å². The molecule has 0 saturated heterocycles. The van der Waals surface area contributed by atoms with Crippen molar-refractivity contribution >= 4 is 65.6 Å². The highest BCUT2D eigenvalue weighted by Gasteiger charge is 2.16. The van der Waals surface area contributed by atoms with E-state index in [0.717, 1.165) is 0 Å². The average molecular weight is 404 g/mol. The number of nitrogens with zero attached hydrogens (tertiary/aromatic N) is 4. The summed E-state index contributed by atoms with van der Waals surface area (Å²) in [4.78, 5) is 9.58. The third kappa shape index (κ3) is 4.94. The number of fused-ring (bicyclic) bond motifs is 1. The first-order chi connectivity index (χ1) is 10.4. The van der Waals surface area contributed by atoms with Crippen molar-refractivity contribution in [2.75, 3.05) is 18.3 Å². The second-order valence-electron chi connectivity index (χ2n) is 4.06. The number of aromatic nitrogens is 4. The van der Waals surface area contributed by atoms with Gasteiger partial charge >= 0.3 is 0 Å². The molecule has 122 valence electrons. The van der Waals surface area contributed by atoms with Crippen LogP contribution in [-0.2, 0) is 27.8 Å². The molecule has 8 nitrogen and oxygen atoms in total. The van der Waals surface area contributed by atoms with E-state index >= 15 is 0 Å². The van der Waals surface area contributed by atoms with Crippen LogP contribution in [0.3, 0.4) is 0 Å². The number of imidazole rings is 1. The molecule has 0 saturated carbocycles. The van der Waals surface area contributed by atoms with Crippen LogP contribution in [0, 0.1) is 0 Å². The van der Waals surface area contributed by atoms with Gasteiger partial charge in [0.15, 0.2) is 17.0 Å². The van der Waals surface area contributed by atoms with Crippen molar-refractivity contribution in [1.29, 1.82) is 0 Å². The number of halogens is 2. The van der Waals surface area contributed by atoms with Crippen LogP contribution in [0.1, 0.15) is 0 Å². The van der Waals surface area contributed by atoms with Crippen molar-refractivity contribution in [2.45, 2.75) is 12.8 Å². The van der Waals surface area contributed by atoms with Gasteiger partial charge in [0.05, 0.1) is 19.5 Å². The van der Waals surface area contributed by atoms with Gasteiger partial charge in [-0.05, 0) is 43.7 Å². The fourth-order valence-electron chi connectivity index (χ4n) is 1.59. The largest absolute Gasteiger partial charge is 0.394 e. The molecule has 2 unspecified atom stereocenters. The predicted octanol–water partition coefficient (Wildman–Crippen LogP) is 2.08. The van der Waals surface area contributed by atoms with Gasteiger partial charge in [0.25, 0.3) is 0 Å². The SMILES string of the molecule is OCC(COP(=S)(Cl)Cl)OCn1cnc2c(NP)ncnc21. The highest BCUT2D eigenvalue weighted by molar-refractivity contribution is 8.36. The van der Waals surface area contributed by atoms with Crippen LogP contribution in [0.25, 0.3) is 11.2 Å². The van der Waals surface area contributed by atoms with E-state index < -0.39 is 11.1 Å². The number of ether oxygens (including phenoxy) is 1. The Balaban J connectivity index is 2.03. The van der Waals surface area contributed by atoms with Gasteiger partial charge in [-0.15, -0.1) is 0 Å². The predicted molar refractivity (Wildman–Crippen MR) is 92.6 cm³/mol. The Morgan fingerprint density at radius 1 is 1.45 bits per heavy atom. The van der Waals surface area contributed by atoms with E-state index in [9.17, 15) is 5.11 Å². The van der Waals surface area contributed by atoms with Crippen molar-refractivity contribution < 1.29 is 14.4 Å². The quantitative estimate of drug-likeness (QED) is 0.647. The molecule has 0 aliphatic rings. The summed E-state index contributed by atoms with van der Waals surface area (Å²) in [7, 11) is 2.35. The lowest BCUT2D eigenvalue weighted by Gasteiger charge is -2.17. The molecule has 0 bridgehead atoms. The van der Waals surface area contributed by atoms with E-state index in [1.165, 1.54) is 6.33 Å². The lowest BCUT2D eigenvalue weighted by Crippen LogP contribution is -2.24. The van der Waals surface area contributed by atoms with Gasteiger partial charge in [0.1, 0.15) is 19.2 Å². The molecule has 2 heterocycles. The summed E-state index contributed by atoms with van der Waals surface area (Å²) in [5, 5.41) is 12.1. The zero-order valence-corrected chi connectivity index (χ0v) is 15.5. The van der Waals surface area contributed by atoms with Gasteiger partial charge in [-0.25, -0.2) is 15.0 Å². The molecule has 2 aromatic heterocycles. The topological polar surface area (TPSA) is 94.3 Å². The Kier molecular flexibility index (Phi) is 6.73. The summed E-state index contributed by atoms with van der Waals surface area (Å²) in [5.41, 5.74) is 1.20. The number of hydrogen-bond donors (Lipinski definition) is 2. The molecule has 2 atom stereocenters. The van der Waals surface area contributed by atoms with Crippen molar-refractivity contribution in [1.82, 2.24) is 19.5 Å². The van der Waals surface area contributed by atoms with Crippen LogP contribution in [0.5, 0.6) is 0 Å². The molecule has 2 aromatic rings. The fourth-order valence-corrected chi connectivity index (χ4v) is 2.66. The number of aliphatic hydroxyl groups is 1. The van der Waals surface area contributed by atoms with E-state index in [4.69, 9.17) is 43.5 Å². The molecule has 13 heteroatoms. The van der Waals surface area contributed by atoms with Crippen LogP contribution >= 0.6 is 36.8 Å². The van der Waals surface area contributed by atoms with Gasteiger partial charge in [0, 0.05) is 0 Å². The van der Waals surface area contributed by atoms with Gasteiger partial charge in [-0.2, -0.15) is 0 Å². The molecule has 0 radical (unpaired) electrons. The Morgan fingerprint density at radius 2 is 2.23 bits per heavy atom. The van der Waals surface area contributed by atoms with Gasteiger partial charge in [-0.3, -0.25) is 4.57 Å². The highest BCUT2D eigenvalue weighted by Crippen LogP contribution is 2.58. The normalized spacial score (nSPS) is 13.5. The van der Waals surface area contributed by atoms with Crippen molar-refractivity contribution in [3.63, 3.8) is 0 Å². The molecule has 0 spiro atoms. The summed E-state index contributed by atoms with van der Waals surface area (Å²) in [6.07, 6.45) is 2.36. The van der Waals surface area contributed by atoms with Gasteiger partial charge in [-0.1, -0.05) is 0 Å². The minimum absolute atomic E-state index is 0.000791. The molecule has 2 N–H and O–H groups in total. The van der Waals surface area contributed by atoms with E-state index in [1.807, 2.05) is 0 Å². The minimum atomic E-state index is -2.83. The van der Waals surface area contributed by atoms with Gasteiger partial charge in [0.2, 0.25) is 4.97 Å². The van der Waals surface area contributed by atoms with Gasteiger partial charge < -0.3 is 19.5 Å². The number of nitrogens with one attached hydrogen (secondary N) is 1. The van der Waals surface area contributed by atoms with E-state index in [0.29, 0.717) is 17.0 Å². The second-order valence-corrected chi connectivity index (χ2v) is 11.6. The van der Waals surface area contributed by atoms with Crippen LogP contribution < -0.4 is 5.09 Å². The van der Waals surface area contributed by atoms with Crippen LogP contribution in [-0.4, -0.2) is 43.9 Å². The summed E-state index contributed by atoms with van der Waals surface area (Å²) in [5.74, 6) is 0.584. The number of aliphatic hydroxyl groups excluding tert-OH is 1. The Bertz CT molecular complexity index is 684. The summed E-state index contributed by atoms with van der Waals surface area (Å²) in [6.45, 7) is -0.143. The third-order valence-corrected chi connectivity index (χ3v) is 4.23. The molecule has 0 fully saturated rings. The monoisotopic (exact) mass is 403 g/mol. The van der Waals surface area contributed by atoms with Crippen LogP contribution in [0.2, 0.25) is 0 Å². The number of hydrogen-bond acceptors (Lipinski definition) is 8. The maximum Gasteiger partial charge on any atom is 0.240 e. The van der Waals surface area contributed by atoms with Crippen LogP contribution in [0.4, 0.5) is 5.82 Å². The lowest BCUT2D eigenvalue weighted by atomic mass is 10.4. The molecule has 0 aliphatic heterocycles. The van der Waals surface area contributed by atoms with E-state index in [-0.39, 0.29) is 19.9 Å². The first-order valence-corrected chi connectivity index (χ1v) is 11.0. The molecular weight excluding hydrogens is 391 g/mol. The smallest absolute Gasteiger partial charge is 0.240 e. The maximum atomic E-state index is 9.27. The van der Waals surface area contributed by atoms with Crippen LogP contribution in [0.15, 0.2) is 12.7 Å². The molecular formula is C9H13Cl2N5O3P2S. The zero-order chi connectivity index (χ0) is 16.2. The van der Waals surface area contributed by atoms with E-state index in [1.54, 1.807) is 10.9 Å². The molecule has 22 heavy (non-hydrogen) atoms. The number of anilines is 1. The maximum absolute atomic E-state index is 9.27. The number of rotatable bonds is 8. The first-order valence-electron chi connectivity index (χ1n) is 5.93.